The number of carboxylic acids is 1. The number of nitrogens with one attached hydrogen (secondary N) is 2. The molecule has 0 radical (unpaired) electrons. The number of carbonyl (C=O) groups is 6. The number of nitrogens with zero attached hydrogens (tertiary/aromatic N) is 7. The van der Waals surface area contributed by atoms with Gasteiger partial charge in [-0.3, -0.25) is 24.0 Å². The van der Waals surface area contributed by atoms with Gasteiger partial charge in [-0.1, -0.05) is 75.0 Å². The third kappa shape index (κ3) is 19.6. The number of allylic oxidation sites excluding steroid dienone is 1. The second kappa shape index (κ2) is 37.6. The van der Waals surface area contributed by atoms with Crippen LogP contribution in [0.2, 0.25) is 0 Å². The summed E-state index contributed by atoms with van der Waals surface area (Å²) in [7, 11) is 3.85. The Labute approximate surface area is 710 Å². The molecule has 600 valence electrons. The van der Waals surface area contributed by atoms with Crippen LogP contribution in [0, 0.1) is 43.5 Å². The summed E-state index contributed by atoms with van der Waals surface area (Å²) in [6.07, 6.45) is 8.82. The van der Waals surface area contributed by atoms with Gasteiger partial charge in [0.1, 0.15) is 33.3 Å². The molecule has 4 saturated heterocycles. The Hall–Kier alpha value is -9.49. The van der Waals surface area contributed by atoms with E-state index >= 15 is 0 Å². The number of aromatic carboxylic acids is 1. The standard InChI is InChI=1S/C41H36FIN4O4S.C34H32N4O5S.C6H12ClN.C6H5FIN.2CH4/c1-25-19-31(38(44-22-25)46-23-41(24-46)14-17-51-18-15-41)39(49)45-28-11-9-26(10-12-28)40(50)47-16-13-27-20-36(52-37(27)29-5-2-3-8-34(29)47)35(48)21-30-32(42)6-4-7-33(30)43;1-21-16-26(30(35-18-21)37-19-34(20-37)11-14-43-15-12-34)31(39)36-24-8-6-22(7-9-24)32(40)38-13-10-23-17-28(33(41)42)44-29(23)25-4-2-3-5-27(25)38;1-5(2)6(7)8(3)4;7-4-2-1-3-5(8)6(4)9;;/h2-12,19-20,22H,13-18,21,23-24H2,1H3,(H,45,49);2-9,16-18H,10-15,19-20H2,1H3,(H,36,39)(H,41,42);1-4H3;1-3H,9H2;2*1H4. The Morgan fingerprint density at radius 1 is 0.583 bits per heavy atom. The number of pyridine rings is 2. The van der Waals surface area contributed by atoms with Gasteiger partial charge in [-0.25, -0.2) is 23.5 Å². The van der Waals surface area contributed by atoms with Crippen LogP contribution in [0.15, 0.2) is 181 Å². The molecule has 10 aromatic rings. The molecule has 5 N–H and O–H groups in total. The Balaban J connectivity index is 0.000000187. The molecular formula is C89H93ClF2I2N10O9S2. The number of ketones is 1. The summed E-state index contributed by atoms with van der Waals surface area (Å²) in [4.78, 5) is 102. The summed E-state index contributed by atoms with van der Waals surface area (Å²) in [5.41, 5.74) is 17.8. The Kier molecular flexibility index (Phi) is 28.3. The van der Waals surface area contributed by atoms with Gasteiger partial charge < -0.3 is 55.4 Å². The first-order chi connectivity index (χ1) is 54.2. The van der Waals surface area contributed by atoms with Crippen molar-refractivity contribution in [1.82, 2.24) is 14.9 Å². The molecule has 6 aromatic carbocycles. The number of nitrogen functional groups attached to an aromatic ring is 1. The molecule has 0 aliphatic carbocycles. The Morgan fingerprint density at radius 3 is 1.40 bits per heavy atom. The summed E-state index contributed by atoms with van der Waals surface area (Å²) in [5.74, 6) is -1.21. The normalized spacial score (nSPS) is 15.1. The molecule has 10 heterocycles. The van der Waals surface area contributed by atoms with Crippen LogP contribution in [-0.4, -0.2) is 135 Å². The van der Waals surface area contributed by atoms with Gasteiger partial charge in [0.2, 0.25) is 0 Å². The molecule has 6 aliphatic rings. The average molecular weight is 1840 g/mol. The minimum absolute atomic E-state index is 0. The van der Waals surface area contributed by atoms with E-state index in [1.807, 2.05) is 136 Å². The second-order valence-corrected chi connectivity index (χ2v) is 34.4. The van der Waals surface area contributed by atoms with E-state index in [0.29, 0.717) is 86.5 Å². The number of hydrogen-bond acceptors (Lipinski definition) is 16. The molecule has 26 heteroatoms. The molecule has 4 aromatic heterocycles. The number of aromatic nitrogens is 2. The number of rotatable bonds is 13. The number of Topliss-reactive ketones (excluding diaryl/α,β-unsaturated/α-hetero) is 1. The number of thiophene rings is 2. The van der Waals surface area contributed by atoms with Gasteiger partial charge in [0, 0.05) is 166 Å². The summed E-state index contributed by atoms with van der Waals surface area (Å²) >= 11 is 12.4. The van der Waals surface area contributed by atoms with E-state index in [4.69, 9.17) is 26.8 Å². The van der Waals surface area contributed by atoms with Gasteiger partial charge in [-0.2, -0.15) is 0 Å². The van der Waals surface area contributed by atoms with Crippen molar-refractivity contribution < 1.29 is 52.1 Å². The molecule has 6 aliphatic heterocycles. The maximum absolute atomic E-state index is 14.5. The first kappa shape index (κ1) is 86.4. The van der Waals surface area contributed by atoms with Crippen molar-refractivity contribution in [1.29, 1.82) is 0 Å². The average Bonchev–Trinajstić information content (AvgIpc) is 1.73. The van der Waals surface area contributed by atoms with E-state index in [-0.39, 0.29) is 78.8 Å². The van der Waals surface area contributed by atoms with Crippen LogP contribution in [0.4, 0.5) is 48.9 Å². The quantitative estimate of drug-likeness (QED) is 0.0364. The van der Waals surface area contributed by atoms with Crippen molar-refractivity contribution in [3.05, 3.63) is 259 Å². The minimum atomic E-state index is -0.945. The zero-order valence-electron chi connectivity index (χ0n) is 63.3. The van der Waals surface area contributed by atoms with Gasteiger partial charge in [0.15, 0.2) is 5.78 Å². The predicted octanol–water partition coefficient (Wildman–Crippen LogP) is 19.6. The van der Waals surface area contributed by atoms with E-state index in [2.05, 4.69) is 53.0 Å². The molecule has 0 bridgehead atoms. The lowest BCUT2D eigenvalue weighted by Gasteiger charge is -2.53. The number of amides is 4. The number of ether oxygens (including phenoxy) is 2. The fourth-order valence-corrected chi connectivity index (χ4v) is 18.3. The van der Waals surface area contributed by atoms with Gasteiger partial charge in [-0.15, -0.1) is 22.7 Å². The molecule has 16 rings (SSSR count). The number of carboxylic acid groups (broad SMARTS) is 1. The SMILES string of the molecule is C.C.CC(C)=C(Cl)N(C)C.Cc1cnc(N2CC3(CCOCC3)C2)c(C(=O)Nc2ccc(C(=O)N3CCc4cc(C(=O)Cc5c(F)cccc5I)sc4-c4ccccc43)cc2)c1.Cc1cnc(N2CC3(CCOCC3)C2)c(C(=O)Nc2ccc(C(=O)N3CCc4cc(C(=O)O)sc4-c4ccccc43)cc2)c1.Nc1c(F)cccc1I. The number of halogens is 5. The monoisotopic (exact) mass is 1840 g/mol. The highest BCUT2D eigenvalue weighted by molar-refractivity contribution is 14.1. The molecular weight excluding hydrogens is 1740 g/mol. The van der Waals surface area contributed by atoms with Gasteiger partial charge in [0.25, 0.3) is 23.6 Å². The first-order valence-corrected chi connectivity index (χ1v) is 41.3. The summed E-state index contributed by atoms with van der Waals surface area (Å²) in [5, 5.41) is 16.3. The maximum Gasteiger partial charge on any atom is 0.345 e. The molecule has 4 fully saturated rings. The lowest BCUT2D eigenvalue weighted by atomic mass is 9.73. The lowest BCUT2D eigenvalue weighted by Crippen LogP contribution is -2.59. The van der Waals surface area contributed by atoms with Crippen LogP contribution < -0.4 is 36.0 Å². The van der Waals surface area contributed by atoms with Crippen molar-refractivity contribution in [2.75, 3.05) is 116 Å². The molecule has 115 heavy (non-hydrogen) atoms. The number of aryl methyl sites for hydroxylation is 2. The van der Waals surface area contributed by atoms with Crippen LogP contribution in [-0.2, 0) is 28.7 Å². The number of nitrogens with two attached hydrogens (primary N) is 1. The van der Waals surface area contributed by atoms with E-state index < -0.39 is 5.97 Å². The summed E-state index contributed by atoms with van der Waals surface area (Å²) < 4.78 is 39.6. The van der Waals surface area contributed by atoms with Gasteiger partial charge in [0.05, 0.1) is 33.1 Å². The van der Waals surface area contributed by atoms with Crippen LogP contribution in [0.5, 0.6) is 0 Å². The number of fused-ring (bicyclic) bond motifs is 6. The van der Waals surface area contributed by atoms with Gasteiger partial charge >= 0.3 is 5.97 Å². The predicted molar refractivity (Wildman–Crippen MR) is 475 cm³/mol. The zero-order valence-corrected chi connectivity index (χ0v) is 70.0. The molecule has 19 nitrogen and oxygen atoms in total. The highest BCUT2D eigenvalue weighted by atomic mass is 127. The smallest absolute Gasteiger partial charge is 0.345 e. The van der Waals surface area contributed by atoms with Crippen LogP contribution in [0.25, 0.3) is 20.9 Å². The fourth-order valence-electron chi connectivity index (χ4n) is 14.9. The zero-order chi connectivity index (χ0) is 80.0. The van der Waals surface area contributed by atoms with Crippen molar-refractivity contribution in [3.63, 3.8) is 0 Å². The maximum atomic E-state index is 14.5. The Bertz CT molecular complexity index is 5260. The Morgan fingerprint density at radius 2 is 1.00 bits per heavy atom. The molecule has 0 atom stereocenters. The molecule has 0 unspecified atom stereocenters. The molecule has 4 amide bonds. The lowest BCUT2D eigenvalue weighted by molar-refractivity contribution is -0.000651. The fraction of sp³-hybridized carbons (Fsp3) is 0.303. The van der Waals surface area contributed by atoms with Crippen molar-refractivity contribution in [3.8, 4) is 20.9 Å². The van der Waals surface area contributed by atoms with Crippen molar-refractivity contribution >= 4 is 155 Å². The van der Waals surface area contributed by atoms with Crippen LogP contribution in [0.3, 0.4) is 0 Å². The first-order valence-electron chi connectivity index (χ1n) is 37.1. The van der Waals surface area contributed by atoms with Crippen LogP contribution >= 0.6 is 79.5 Å². The van der Waals surface area contributed by atoms with E-state index in [0.717, 1.165) is 151 Å². The number of benzene rings is 6. The number of hydrogen-bond donors (Lipinski definition) is 4. The number of anilines is 7. The summed E-state index contributed by atoms with van der Waals surface area (Å²) in [6, 6.07) is 46.2. The van der Waals surface area contributed by atoms with E-state index in [1.165, 1.54) is 34.8 Å². The topological polar surface area (TPSA) is 233 Å². The minimum Gasteiger partial charge on any atom is -0.477 e. The third-order valence-corrected chi connectivity index (χ3v) is 26.1. The van der Waals surface area contributed by atoms with Gasteiger partial charge in [-0.05, 0) is 248 Å². The third-order valence-electron chi connectivity index (χ3n) is 21.0. The summed E-state index contributed by atoms with van der Waals surface area (Å²) in [6.45, 7) is 15.3. The number of para-hydroxylation sites is 3. The van der Waals surface area contributed by atoms with Crippen molar-refractivity contribution in [2.45, 2.75) is 87.5 Å². The van der Waals surface area contributed by atoms with Crippen molar-refractivity contribution in [2.24, 2.45) is 10.8 Å². The van der Waals surface area contributed by atoms with Crippen LogP contribution in [0.1, 0.15) is 143 Å². The molecule has 0 saturated carbocycles. The second-order valence-electron chi connectivity index (χ2n) is 29.6. The van der Waals surface area contributed by atoms with E-state index in [1.54, 1.807) is 101 Å². The largest absolute Gasteiger partial charge is 0.477 e. The highest BCUT2D eigenvalue weighted by Gasteiger charge is 2.47. The molecule has 2 spiro atoms. The van der Waals surface area contributed by atoms with E-state index in [9.17, 15) is 42.7 Å². The number of carbonyl (C=O) groups excluding carboxylic acids is 5. The highest BCUT2D eigenvalue weighted by Crippen LogP contribution is 2.47.